The lowest BCUT2D eigenvalue weighted by Gasteiger charge is -2.37. The van der Waals surface area contributed by atoms with Gasteiger partial charge < -0.3 is 14.5 Å². The van der Waals surface area contributed by atoms with Gasteiger partial charge in [0.1, 0.15) is 5.75 Å². The molecule has 0 radical (unpaired) electrons. The monoisotopic (exact) mass is 435 g/mol. The number of amides is 1. The topological polar surface area (TPSA) is 36.0 Å². The molecule has 2 atom stereocenters. The number of anilines is 1. The Morgan fingerprint density at radius 3 is 2.44 bits per heavy atom. The van der Waals surface area contributed by atoms with E-state index in [1.807, 2.05) is 6.07 Å². The fraction of sp³-hybridized carbons (Fsp3) is 0.519. The molecule has 5 nitrogen and oxygen atoms in total. The molecule has 32 heavy (non-hydrogen) atoms. The molecule has 2 heterocycles. The van der Waals surface area contributed by atoms with Crippen molar-refractivity contribution < 1.29 is 9.53 Å². The summed E-state index contributed by atoms with van der Waals surface area (Å²) in [6.45, 7) is 11.2. The molecular formula is C27H37N3O2. The molecule has 1 amide bonds. The van der Waals surface area contributed by atoms with Crippen molar-refractivity contribution in [2.24, 2.45) is 11.8 Å². The fourth-order valence-electron chi connectivity index (χ4n) is 5.15. The molecule has 0 aliphatic carbocycles. The highest BCUT2D eigenvalue weighted by Crippen LogP contribution is 2.35. The van der Waals surface area contributed by atoms with Crippen molar-refractivity contribution in [3.63, 3.8) is 0 Å². The maximum absolute atomic E-state index is 12.9. The van der Waals surface area contributed by atoms with Crippen molar-refractivity contribution in [3.8, 4) is 5.75 Å². The molecule has 2 aliphatic rings. The molecule has 0 aromatic heterocycles. The first-order valence-electron chi connectivity index (χ1n) is 12.0. The number of ether oxygens (including phenoxy) is 1. The third-order valence-electron chi connectivity index (χ3n) is 6.88. The highest BCUT2D eigenvalue weighted by Gasteiger charge is 2.37. The Morgan fingerprint density at radius 2 is 1.75 bits per heavy atom. The predicted molar refractivity (Wildman–Crippen MR) is 130 cm³/mol. The zero-order valence-corrected chi connectivity index (χ0v) is 19.7. The second kappa shape index (κ2) is 10.4. The maximum atomic E-state index is 12.9. The number of hydrogen-bond acceptors (Lipinski definition) is 4. The van der Waals surface area contributed by atoms with E-state index in [2.05, 4.69) is 77.1 Å². The van der Waals surface area contributed by atoms with Gasteiger partial charge in [-0.3, -0.25) is 9.69 Å². The Labute approximate surface area is 193 Å². The molecule has 4 rings (SSSR count). The summed E-state index contributed by atoms with van der Waals surface area (Å²) < 4.78 is 5.48. The van der Waals surface area contributed by atoms with E-state index >= 15 is 0 Å². The summed E-state index contributed by atoms with van der Waals surface area (Å²) in [6.07, 6.45) is 0.632. The van der Waals surface area contributed by atoms with Crippen LogP contribution < -0.4 is 9.64 Å². The molecule has 2 fully saturated rings. The molecular weight excluding hydrogens is 398 g/mol. The van der Waals surface area contributed by atoms with Crippen LogP contribution in [0.2, 0.25) is 0 Å². The van der Waals surface area contributed by atoms with Gasteiger partial charge in [-0.1, -0.05) is 44.2 Å². The molecule has 2 aromatic rings. The molecule has 2 saturated heterocycles. The van der Waals surface area contributed by atoms with E-state index in [1.54, 1.807) is 7.11 Å². The number of benzene rings is 2. The molecule has 0 spiro atoms. The lowest BCUT2D eigenvalue weighted by molar-refractivity contribution is -0.131. The number of rotatable bonds is 7. The predicted octanol–water partition coefficient (Wildman–Crippen LogP) is 4.11. The van der Waals surface area contributed by atoms with Gasteiger partial charge in [-0.25, -0.2) is 0 Å². The van der Waals surface area contributed by atoms with E-state index in [9.17, 15) is 4.79 Å². The van der Waals surface area contributed by atoms with Gasteiger partial charge in [-0.05, 0) is 41.7 Å². The van der Waals surface area contributed by atoms with E-state index in [-0.39, 0.29) is 0 Å². The summed E-state index contributed by atoms with van der Waals surface area (Å²) in [7, 11) is 1.72. The van der Waals surface area contributed by atoms with Crippen LogP contribution >= 0.6 is 0 Å². The zero-order valence-electron chi connectivity index (χ0n) is 19.7. The van der Waals surface area contributed by atoms with Gasteiger partial charge in [0.2, 0.25) is 5.91 Å². The van der Waals surface area contributed by atoms with Crippen LogP contribution in [0.3, 0.4) is 0 Å². The third-order valence-corrected chi connectivity index (χ3v) is 6.88. The molecule has 5 heteroatoms. The first kappa shape index (κ1) is 22.7. The van der Waals surface area contributed by atoms with Gasteiger partial charge in [0, 0.05) is 63.8 Å². The summed E-state index contributed by atoms with van der Waals surface area (Å²) in [6, 6.07) is 19.1. The third kappa shape index (κ3) is 5.44. The number of methoxy groups -OCH3 is 1. The Balaban J connectivity index is 1.44. The molecule has 2 aromatic carbocycles. The van der Waals surface area contributed by atoms with Crippen LogP contribution in [0.4, 0.5) is 5.69 Å². The normalized spacial score (nSPS) is 21.9. The molecule has 0 bridgehead atoms. The highest BCUT2D eigenvalue weighted by atomic mass is 16.5. The lowest BCUT2D eigenvalue weighted by atomic mass is 9.88. The van der Waals surface area contributed by atoms with Gasteiger partial charge >= 0.3 is 0 Å². The largest absolute Gasteiger partial charge is 0.497 e. The number of para-hydroxylation sites is 1. The summed E-state index contributed by atoms with van der Waals surface area (Å²) in [5, 5.41) is 0. The standard InChI is InChI=1S/C27H37N3O2/c1-21(2)16-27(31)30-19-23(26(20-30)22-8-7-11-25(17-22)32-3)18-28-12-14-29(15-13-28)24-9-5-4-6-10-24/h4-11,17,21,23,26H,12-16,18-20H2,1-3H3. The van der Waals surface area contributed by atoms with Crippen LogP contribution in [-0.2, 0) is 4.79 Å². The summed E-state index contributed by atoms with van der Waals surface area (Å²) in [5.41, 5.74) is 2.60. The van der Waals surface area contributed by atoms with Gasteiger partial charge in [-0.2, -0.15) is 0 Å². The van der Waals surface area contributed by atoms with Gasteiger partial charge in [0.05, 0.1) is 7.11 Å². The molecule has 0 N–H and O–H groups in total. The van der Waals surface area contributed by atoms with Crippen LogP contribution in [0.5, 0.6) is 5.75 Å². The van der Waals surface area contributed by atoms with Crippen molar-refractivity contribution in [1.82, 2.24) is 9.80 Å². The van der Waals surface area contributed by atoms with Crippen molar-refractivity contribution in [1.29, 1.82) is 0 Å². The number of carbonyl (C=O) groups excluding carboxylic acids is 1. The summed E-state index contributed by atoms with van der Waals surface area (Å²) in [4.78, 5) is 20.0. The quantitative estimate of drug-likeness (QED) is 0.656. The first-order chi connectivity index (χ1) is 15.5. The van der Waals surface area contributed by atoms with E-state index in [0.717, 1.165) is 51.6 Å². The number of hydrogen-bond donors (Lipinski definition) is 0. The Kier molecular flexibility index (Phi) is 7.36. The Morgan fingerprint density at radius 1 is 1.00 bits per heavy atom. The van der Waals surface area contributed by atoms with Gasteiger partial charge in [-0.15, -0.1) is 0 Å². The van der Waals surface area contributed by atoms with Crippen LogP contribution in [0.25, 0.3) is 0 Å². The SMILES string of the molecule is COc1cccc(C2CN(C(=O)CC(C)C)CC2CN2CCN(c3ccccc3)CC2)c1. The smallest absolute Gasteiger partial charge is 0.222 e. The van der Waals surface area contributed by atoms with Crippen molar-refractivity contribution in [2.75, 3.05) is 57.8 Å². The molecule has 2 unspecified atom stereocenters. The highest BCUT2D eigenvalue weighted by molar-refractivity contribution is 5.77. The van der Waals surface area contributed by atoms with Crippen molar-refractivity contribution in [3.05, 3.63) is 60.2 Å². The molecule has 2 aliphatic heterocycles. The Hall–Kier alpha value is -2.53. The second-order valence-corrected chi connectivity index (χ2v) is 9.66. The van der Waals surface area contributed by atoms with Crippen molar-refractivity contribution >= 4 is 11.6 Å². The average Bonchev–Trinajstić information content (AvgIpc) is 3.24. The Bertz CT molecular complexity index is 877. The second-order valence-electron chi connectivity index (χ2n) is 9.66. The number of carbonyl (C=O) groups is 1. The van der Waals surface area contributed by atoms with Gasteiger partial charge in [0.15, 0.2) is 0 Å². The molecule has 172 valence electrons. The summed E-state index contributed by atoms with van der Waals surface area (Å²) in [5.74, 6) is 2.38. The van der Waals surface area contributed by atoms with Crippen molar-refractivity contribution in [2.45, 2.75) is 26.2 Å². The number of likely N-dealkylation sites (tertiary alicyclic amines) is 1. The molecule has 0 saturated carbocycles. The van der Waals surface area contributed by atoms with Crippen LogP contribution in [-0.4, -0.2) is 68.6 Å². The minimum atomic E-state index is 0.296. The van der Waals surface area contributed by atoms with E-state index in [4.69, 9.17) is 4.74 Å². The number of piperazine rings is 1. The fourth-order valence-corrected chi connectivity index (χ4v) is 5.15. The number of nitrogens with zero attached hydrogens (tertiary/aromatic N) is 3. The van der Waals surface area contributed by atoms with Crippen LogP contribution in [0.1, 0.15) is 31.7 Å². The zero-order chi connectivity index (χ0) is 22.5. The average molecular weight is 436 g/mol. The van der Waals surface area contributed by atoms with Crippen LogP contribution in [0.15, 0.2) is 54.6 Å². The lowest BCUT2D eigenvalue weighted by Crippen LogP contribution is -2.48. The van der Waals surface area contributed by atoms with E-state index in [0.29, 0.717) is 30.1 Å². The maximum Gasteiger partial charge on any atom is 0.222 e. The summed E-state index contributed by atoms with van der Waals surface area (Å²) >= 11 is 0. The van der Waals surface area contributed by atoms with Gasteiger partial charge in [0.25, 0.3) is 0 Å². The first-order valence-corrected chi connectivity index (χ1v) is 12.0. The van der Waals surface area contributed by atoms with Crippen LogP contribution in [0, 0.1) is 11.8 Å². The van der Waals surface area contributed by atoms with E-state index in [1.165, 1.54) is 11.3 Å². The minimum Gasteiger partial charge on any atom is -0.497 e. The minimum absolute atomic E-state index is 0.296. The van der Waals surface area contributed by atoms with E-state index < -0.39 is 0 Å².